The van der Waals surface area contributed by atoms with Crippen LogP contribution in [0.2, 0.25) is 0 Å². The summed E-state index contributed by atoms with van der Waals surface area (Å²) in [5.41, 5.74) is 2.17. The molecule has 1 N–H and O–H groups in total. The third-order valence-corrected chi connectivity index (χ3v) is 4.41. The fourth-order valence-electron chi connectivity index (χ4n) is 2.16. The maximum atomic E-state index is 4.82. The van der Waals surface area contributed by atoms with Gasteiger partial charge in [-0.2, -0.15) is 0 Å². The largest absolute Gasteiger partial charge is 0.312 e. The number of hydrogen-bond acceptors (Lipinski definition) is 5. The molecule has 2 aromatic heterocycles. The first-order chi connectivity index (χ1) is 9.74. The van der Waals surface area contributed by atoms with Gasteiger partial charge in [0, 0.05) is 29.7 Å². The molecule has 0 aliphatic heterocycles. The van der Waals surface area contributed by atoms with Gasteiger partial charge in [-0.1, -0.05) is 13.8 Å². The second kappa shape index (κ2) is 5.97. The second-order valence-corrected chi connectivity index (χ2v) is 6.80. The van der Waals surface area contributed by atoms with Crippen molar-refractivity contribution in [2.75, 3.05) is 6.54 Å². The highest BCUT2D eigenvalue weighted by Gasteiger charge is 2.29. The number of thiazole rings is 1. The molecule has 2 heterocycles. The van der Waals surface area contributed by atoms with Crippen molar-refractivity contribution in [3.63, 3.8) is 0 Å². The Morgan fingerprint density at radius 1 is 1.35 bits per heavy atom. The van der Waals surface area contributed by atoms with Crippen LogP contribution in [-0.2, 0) is 6.54 Å². The topological polar surface area (TPSA) is 50.7 Å². The maximum Gasteiger partial charge on any atom is 0.144 e. The lowest BCUT2D eigenvalue weighted by atomic mass is 10.2. The zero-order valence-electron chi connectivity index (χ0n) is 12.0. The van der Waals surface area contributed by atoms with E-state index in [2.05, 4.69) is 29.1 Å². The first kappa shape index (κ1) is 13.6. The van der Waals surface area contributed by atoms with Crippen molar-refractivity contribution in [3.05, 3.63) is 29.2 Å². The molecule has 3 rings (SSSR count). The van der Waals surface area contributed by atoms with Crippen LogP contribution in [0, 0.1) is 5.92 Å². The molecule has 0 unspecified atom stereocenters. The first-order valence-corrected chi connectivity index (χ1v) is 8.02. The van der Waals surface area contributed by atoms with Gasteiger partial charge in [-0.25, -0.2) is 4.98 Å². The number of hydrogen-bond donors (Lipinski definition) is 1. The molecule has 2 aromatic rings. The van der Waals surface area contributed by atoms with Crippen LogP contribution in [0.1, 0.15) is 43.2 Å². The molecule has 1 saturated carbocycles. The Morgan fingerprint density at radius 3 is 2.85 bits per heavy atom. The highest BCUT2D eigenvalue weighted by atomic mass is 32.1. The van der Waals surface area contributed by atoms with Crippen molar-refractivity contribution in [1.82, 2.24) is 20.3 Å². The molecule has 1 aliphatic rings. The maximum absolute atomic E-state index is 4.82. The minimum absolute atomic E-state index is 0.673. The van der Waals surface area contributed by atoms with Crippen molar-refractivity contribution in [3.8, 4) is 10.7 Å². The van der Waals surface area contributed by atoms with Crippen molar-refractivity contribution in [2.45, 2.75) is 39.2 Å². The summed E-state index contributed by atoms with van der Waals surface area (Å²) in [5, 5.41) is 4.52. The van der Waals surface area contributed by atoms with Gasteiger partial charge < -0.3 is 5.32 Å². The summed E-state index contributed by atoms with van der Waals surface area (Å²) < 4.78 is 0. The minimum atomic E-state index is 0.673. The predicted octanol–water partition coefficient (Wildman–Crippen LogP) is 3.22. The summed E-state index contributed by atoms with van der Waals surface area (Å²) in [6, 6.07) is 0. The quantitative estimate of drug-likeness (QED) is 0.886. The highest BCUT2D eigenvalue weighted by Crippen LogP contribution is 2.43. The van der Waals surface area contributed by atoms with E-state index in [0.717, 1.165) is 23.8 Å². The van der Waals surface area contributed by atoms with E-state index in [1.165, 1.54) is 23.4 Å². The van der Waals surface area contributed by atoms with Crippen LogP contribution in [0.4, 0.5) is 0 Å². The van der Waals surface area contributed by atoms with Crippen molar-refractivity contribution < 1.29 is 0 Å². The Morgan fingerprint density at radius 2 is 2.20 bits per heavy atom. The van der Waals surface area contributed by atoms with Gasteiger partial charge in [-0.3, -0.25) is 9.97 Å². The predicted molar refractivity (Wildman–Crippen MR) is 81.7 cm³/mol. The molecule has 0 saturated heterocycles. The molecule has 20 heavy (non-hydrogen) atoms. The van der Waals surface area contributed by atoms with Gasteiger partial charge in [0.1, 0.15) is 10.7 Å². The number of aromatic nitrogens is 3. The van der Waals surface area contributed by atoms with Gasteiger partial charge in [0.15, 0.2) is 0 Å². The van der Waals surface area contributed by atoms with Crippen LogP contribution in [0.3, 0.4) is 0 Å². The Hall–Kier alpha value is -1.33. The molecule has 0 spiro atoms. The fraction of sp³-hybridized carbons (Fsp3) is 0.533. The summed E-state index contributed by atoms with van der Waals surface area (Å²) in [6.07, 6.45) is 7.77. The van der Waals surface area contributed by atoms with Crippen LogP contribution in [0.5, 0.6) is 0 Å². The lowest BCUT2D eigenvalue weighted by molar-refractivity contribution is 0.553. The van der Waals surface area contributed by atoms with E-state index < -0.39 is 0 Å². The summed E-state index contributed by atoms with van der Waals surface area (Å²) in [5.74, 6) is 1.35. The Balaban J connectivity index is 1.79. The van der Waals surface area contributed by atoms with Crippen LogP contribution < -0.4 is 5.32 Å². The molecule has 0 aromatic carbocycles. The van der Waals surface area contributed by atoms with Gasteiger partial charge in [-0.05, 0) is 25.3 Å². The highest BCUT2D eigenvalue weighted by molar-refractivity contribution is 7.15. The van der Waals surface area contributed by atoms with Gasteiger partial charge in [0.05, 0.1) is 11.9 Å². The molecular weight excluding hydrogens is 268 g/mol. The molecule has 5 heteroatoms. The van der Waals surface area contributed by atoms with E-state index in [1.54, 1.807) is 29.9 Å². The normalized spacial score (nSPS) is 14.9. The Bertz CT molecular complexity index is 561. The SMILES string of the molecule is CC(C)CNCc1sc(-c2cnccn2)nc1C1CC1. The van der Waals surface area contributed by atoms with E-state index in [0.29, 0.717) is 11.8 Å². The molecule has 0 bridgehead atoms. The Kier molecular flexibility index (Phi) is 4.08. The Labute approximate surface area is 123 Å². The lowest BCUT2D eigenvalue weighted by Crippen LogP contribution is -2.18. The second-order valence-electron chi connectivity index (χ2n) is 5.72. The van der Waals surface area contributed by atoms with Crippen LogP contribution >= 0.6 is 11.3 Å². The average Bonchev–Trinajstić information content (AvgIpc) is 3.20. The molecule has 0 amide bonds. The standard InChI is InChI=1S/C15H20N4S/c1-10(2)7-17-9-13-14(11-3-4-11)19-15(20-13)12-8-16-5-6-18-12/h5-6,8,10-11,17H,3-4,7,9H2,1-2H3. The number of nitrogens with zero attached hydrogens (tertiary/aromatic N) is 3. The van der Waals surface area contributed by atoms with E-state index in [9.17, 15) is 0 Å². The van der Waals surface area contributed by atoms with Gasteiger partial charge in [0.25, 0.3) is 0 Å². The van der Waals surface area contributed by atoms with Gasteiger partial charge >= 0.3 is 0 Å². The van der Waals surface area contributed by atoms with E-state index in [1.807, 2.05) is 0 Å². The monoisotopic (exact) mass is 288 g/mol. The molecular formula is C15H20N4S. The van der Waals surface area contributed by atoms with Crippen molar-refractivity contribution in [2.24, 2.45) is 5.92 Å². The fourth-order valence-corrected chi connectivity index (χ4v) is 3.24. The number of nitrogens with one attached hydrogen (secondary N) is 1. The third-order valence-electron chi connectivity index (χ3n) is 3.31. The first-order valence-electron chi connectivity index (χ1n) is 7.20. The van der Waals surface area contributed by atoms with E-state index in [-0.39, 0.29) is 0 Å². The van der Waals surface area contributed by atoms with Crippen molar-refractivity contribution >= 4 is 11.3 Å². The van der Waals surface area contributed by atoms with Crippen LogP contribution in [-0.4, -0.2) is 21.5 Å². The lowest BCUT2D eigenvalue weighted by Gasteiger charge is -2.06. The van der Waals surface area contributed by atoms with Crippen LogP contribution in [0.15, 0.2) is 18.6 Å². The van der Waals surface area contributed by atoms with Gasteiger partial charge in [-0.15, -0.1) is 11.3 Å². The summed E-state index contributed by atoms with van der Waals surface area (Å²) >= 11 is 1.76. The minimum Gasteiger partial charge on any atom is -0.312 e. The van der Waals surface area contributed by atoms with Crippen LogP contribution in [0.25, 0.3) is 10.7 Å². The zero-order valence-corrected chi connectivity index (χ0v) is 12.8. The van der Waals surface area contributed by atoms with E-state index in [4.69, 9.17) is 4.98 Å². The molecule has 1 fully saturated rings. The van der Waals surface area contributed by atoms with Crippen molar-refractivity contribution in [1.29, 1.82) is 0 Å². The molecule has 106 valence electrons. The molecule has 1 aliphatic carbocycles. The summed E-state index contributed by atoms with van der Waals surface area (Å²) in [6.45, 7) is 6.42. The summed E-state index contributed by atoms with van der Waals surface area (Å²) in [7, 11) is 0. The van der Waals surface area contributed by atoms with Gasteiger partial charge in [0.2, 0.25) is 0 Å². The third kappa shape index (κ3) is 3.22. The zero-order chi connectivity index (χ0) is 13.9. The molecule has 0 atom stereocenters. The molecule has 0 radical (unpaired) electrons. The average molecular weight is 288 g/mol. The van der Waals surface area contributed by atoms with E-state index >= 15 is 0 Å². The number of rotatable bonds is 6. The summed E-state index contributed by atoms with van der Waals surface area (Å²) in [4.78, 5) is 14.7. The molecule has 4 nitrogen and oxygen atoms in total. The smallest absolute Gasteiger partial charge is 0.144 e.